The lowest BCUT2D eigenvalue weighted by Crippen LogP contribution is -2.64. The van der Waals surface area contributed by atoms with Gasteiger partial charge >= 0.3 is 12.2 Å². The van der Waals surface area contributed by atoms with Crippen molar-refractivity contribution in [2.24, 2.45) is 16.7 Å². The molecule has 0 radical (unpaired) electrons. The molecule has 4 aliphatic rings. The second-order valence-electron chi connectivity index (χ2n) is 17.4. The normalized spacial score (nSPS) is 26.0. The van der Waals surface area contributed by atoms with E-state index in [0.717, 1.165) is 49.7 Å². The van der Waals surface area contributed by atoms with Crippen molar-refractivity contribution in [1.29, 1.82) is 0 Å². The number of nitrogens with zero attached hydrogens (tertiary/aromatic N) is 2. The molecule has 298 valence electrons. The number of nitrogens with one attached hydrogen (secondary N) is 3. The second kappa shape index (κ2) is 16.4. The topological polar surface area (TPSA) is 163 Å². The van der Waals surface area contributed by atoms with Gasteiger partial charge < -0.3 is 25.0 Å². The van der Waals surface area contributed by atoms with Gasteiger partial charge in [-0.15, -0.1) is 6.58 Å². The molecule has 0 aromatic heterocycles. The van der Waals surface area contributed by atoms with Crippen LogP contribution >= 0.6 is 0 Å². The van der Waals surface area contributed by atoms with Gasteiger partial charge in [-0.05, 0) is 73.0 Å². The Labute approximate surface area is 322 Å². The highest BCUT2D eigenvalue weighted by atomic mass is 32.2. The summed E-state index contributed by atoms with van der Waals surface area (Å²) < 4.78 is 27.1. The Morgan fingerprint density at radius 1 is 1.11 bits per heavy atom. The average molecular weight is 770 g/mol. The Balaban J connectivity index is 1.46. The fraction of sp³-hybridized carbons (Fsp3) is 0.675. The van der Waals surface area contributed by atoms with E-state index >= 15 is 0 Å². The molecule has 2 fully saturated rings. The number of alkyl carbamates (subject to hydrolysis) is 1. The van der Waals surface area contributed by atoms with Crippen molar-refractivity contribution in [3.63, 3.8) is 0 Å². The van der Waals surface area contributed by atoms with Crippen molar-refractivity contribution in [1.82, 2.24) is 25.2 Å². The van der Waals surface area contributed by atoms with Crippen LogP contribution in [0.5, 0.6) is 0 Å². The van der Waals surface area contributed by atoms with E-state index in [1.165, 1.54) is 10.5 Å². The maximum Gasteiger partial charge on any atom is 0.410 e. The summed E-state index contributed by atoms with van der Waals surface area (Å²) in [4.78, 5) is 72.8. The van der Waals surface area contributed by atoms with Crippen LogP contribution in [0.1, 0.15) is 110 Å². The third-order valence-electron chi connectivity index (χ3n) is 11.3. The van der Waals surface area contributed by atoms with Gasteiger partial charge in [-0.1, -0.05) is 72.2 Å². The molecule has 0 spiro atoms. The molecule has 3 aliphatic heterocycles. The summed E-state index contributed by atoms with van der Waals surface area (Å²) in [5.41, 5.74) is 0.679. The number of amides is 5. The lowest BCUT2D eigenvalue weighted by atomic mass is 9.82. The number of carbonyl (C=O) groups is 5. The molecule has 5 rings (SSSR count). The number of benzene rings is 1. The quantitative estimate of drug-likeness (QED) is 0.310. The summed E-state index contributed by atoms with van der Waals surface area (Å²) in [7, 11) is -1.61. The van der Waals surface area contributed by atoms with E-state index < -0.39 is 76.0 Å². The molecule has 54 heavy (non-hydrogen) atoms. The summed E-state index contributed by atoms with van der Waals surface area (Å²) in [6.07, 6.45) is 4.83. The number of carbonyl (C=O) groups excluding carboxylic acids is 5. The highest BCUT2D eigenvalue weighted by molar-refractivity contribution is 7.84. The first-order chi connectivity index (χ1) is 25.4. The van der Waals surface area contributed by atoms with E-state index in [1.807, 2.05) is 32.9 Å². The highest BCUT2D eigenvalue weighted by Crippen LogP contribution is 2.33. The number of hydrogen-bond donors (Lipinski definition) is 3. The summed E-state index contributed by atoms with van der Waals surface area (Å²) in [5.74, 6) is -2.37. The van der Waals surface area contributed by atoms with Crippen molar-refractivity contribution in [3.8, 4) is 0 Å². The van der Waals surface area contributed by atoms with E-state index in [1.54, 1.807) is 38.7 Å². The van der Waals surface area contributed by atoms with Gasteiger partial charge in [-0.3, -0.25) is 24.0 Å². The van der Waals surface area contributed by atoms with Crippen LogP contribution in [0, 0.1) is 16.7 Å². The first kappa shape index (κ1) is 41.2. The van der Waals surface area contributed by atoms with Crippen LogP contribution in [-0.4, -0.2) is 86.0 Å². The van der Waals surface area contributed by atoms with Crippen LogP contribution in [0.2, 0.25) is 0 Å². The molecule has 3 heterocycles. The molecule has 4 bridgehead atoms. The fourth-order valence-electron chi connectivity index (χ4n) is 7.70. The Morgan fingerprint density at radius 2 is 1.81 bits per heavy atom. The average Bonchev–Trinajstić information content (AvgIpc) is 3.73. The highest BCUT2D eigenvalue weighted by Gasteiger charge is 2.50. The number of rotatable bonds is 8. The smallest absolute Gasteiger partial charge is 0.410 e. The molecule has 1 aliphatic carbocycles. The summed E-state index contributed by atoms with van der Waals surface area (Å²) in [6.45, 7) is 17.6. The Bertz CT molecular complexity index is 1650. The van der Waals surface area contributed by atoms with Gasteiger partial charge in [0.1, 0.15) is 34.7 Å². The molecular weight excluding hydrogens is 711 g/mol. The van der Waals surface area contributed by atoms with E-state index in [0.29, 0.717) is 19.5 Å². The number of ether oxygens (including phenoxy) is 2. The number of hydrogen-bond acceptors (Lipinski definition) is 8. The van der Waals surface area contributed by atoms with Gasteiger partial charge in [0, 0.05) is 25.4 Å². The van der Waals surface area contributed by atoms with Gasteiger partial charge in [0.15, 0.2) is 0 Å². The lowest BCUT2D eigenvalue weighted by Gasteiger charge is -2.38. The lowest BCUT2D eigenvalue weighted by molar-refractivity contribution is -0.144. The molecular formula is C40H59N5O8S. The van der Waals surface area contributed by atoms with Crippen molar-refractivity contribution >= 4 is 40.9 Å². The Kier molecular flexibility index (Phi) is 12.5. The molecule has 1 aromatic carbocycles. The molecule has 6 unspecified atom stereocenters. The maximum atomic E-state index is 14.6. The molecule has 1 saturated carbocycles. The maximum absolute atomic E-state index is 14.6. The predicted octanol–water partition coefficient (Wildman–Crippen LogP) is 5.03. The Morgan fingerprint density at radius 3 is 2.46 bits per heavy atom. The first-order valence-corrected chi connectivity index (χ1v) is 20.5. The standard InChI is InChI=1S/C40H59N5O8S/c1-9-27(10-2)40(8,35(48)43-54(51)29-17-18-29)42-33(46)31-20-28-22-45(31)34(47)32(38(3,4)5)41-36(49)52-24-39(6,7)19-12-11-14-25-15-13-16-26-21-44(23-30(25)26)37(50)53-28/h9,13,15-16,27-29,31-32H,1,10-12,14,17-24H2,2-8H3,(H,41,49)(H,42,46)(H,43,48). The molecule has 1 aromatic rings. The van der Waals surface area contributed by atoms with Gasteiger partial charge in [0.05, 0.1) is 18.4 Å². The monoisotopic (exact) mass is 769 g/mol. The predicted molar refractivity (Wildman–Crippen MR) is 205 cm³/mol. The van der Waals surface area contributed by atoms with Crippen LogP contribution in [0.25, 0.3) is 0 Å². The van der Waals surface area contributed by atoms with Crippen LogP contribution in [0.15, 0.2) is 30.9 Å². The SMILES string of the molecule is C=CC(CC)C(C)(NC(=O)C1CC2CN1C(=O)C(C(C)(C)C)NC(=O)OCC(C)(C)CCCCc1cccc3c1CN(C3)C(=O)O2)C(=O)NS(=O)C1CC1. The van der Waals surface area contributed by atoms with E-state index in [4.69, 9.17) is 9.47 Å². The van der Waals surface area contributed by atoms with E-state index in [2.05, 4.69) is 28.0 Å². The third kappa shape index (κ3) is 9.46. The van der Waals surface area contributed by atoms with Crippen molar-refractivity contribution in [2.75, 3.05) is 13.2 Å². The summed E-state index contributed by atoms with van der Waals surface area (Å²) in [5, 5.41) is 5.54. The van der Waals surface area contributed by atoms with E-state index in [9.17, 15) is 28.2 Å². The minimum absolute atomic E-state index is 0.0402. The molecule has 5 amide bonds. The van der Waals surface area contributed by atoms with Crippen LogP contribution in [0.3, 0.4) is 0 Å². The third-order valence-corrected chi connectivity index (χ3v) is 12.8. The Hall–Kier alpha value is -3.94. The minimum atomic E-state index is -1.61. The largest absolute Gasteiger partial charge is 0.449 e. The molecule has 1 saturated heterocycles. The molecule has 6 atom stereocenters. The summed E-state index contributed by atoms with van der Waals surface area (Å²) >= 11 is 0. The molecule has 13 nitrogen and oxygen atoms in total. The van der Waals surface area contributed by atoms with Crippen molar-refractivity contribution in [2.45, 2.75) is 142 Å². The van der Waals surface area contributed by atoms with Gasteiger partial charge in [-0.2, -0.15) is 0 Å². The zero-order valence-corrected chi connectivity index (χ0v) is 33.8. The van der Waals surface area contributed by atoms with Crippen LogP contribution < -0.4 is 15.4 Å². The first-order valence-electron chi connectivity index (χ1n) is 19.3. The molecule has 3 N–H and O–H groups in total. The zero-order chi connectivity index (χ0) is 39.6. The summed E-state index contributed by atoms with van der Waals surface area (Å²) in [6, 6.07) is 3.85. The van der Waals surface area contributed by atoms with Crippen molar-refractivity contribution in [3.05, 3.63) is 47.5 Å². The number of fused-ring (bicyclic) bond motifs is 3. The number of aryl methyl sites for hydroxylation is 1. The zero-order valence-electron chi connectivity index (χ0n) is 33.0. The second-order valence-corrected chi connectivity index (χ2v) is 18.9. The van der Waals surface area contributed by atoms with Gasteiger partial charge in [0.2, 0.25) is 11.8 Å². The fourth-order valence-corrected chi connectivity index (χ4v) is 8.83. The number of cyclic esters (lactones) is 1. The minimum Gasteiger partial charge on any atom is -0.449 e. The van der Waals surface area contributed by atoms with Gasteiger partial charge in [-0.25, -0.2) is 13.8 Å². The molecule has 14 heteroatoms. The van der Waals surface area contributed by atoms with Crippen LogP contribution in [-0.2, 0) is 54.4 Å². The van der Waals surface area contributed by atoms with Crippen LogP contribution in [0.4, 0.5) is 9.59 Å². The van der Waals surface area contributed by atoms with Crippen molar-refractivity contribution < 1.29 is 37.7 Å². The van der Waals surface area contributed by atoms with Gasteiger partial charge in [0.25, 0.3) is 5.91 Å². The van der Waals surface area contributed by atoms with E-state index in [-0.39, 0.29) is 30.2 Å².